The molecule has 1 aliphatic heterocycles. The molecule has 26 heavy (non-hydrogen) atoms. The number of nitrogens with zero attached hydrogens (tertiary/aromatic N) is 3. The molecule has 2 aromatic carbocycles. The smallest absolute Gasteiger partial charge is 0.0983 e. The van der Waals surface area contributed by atoms with E-state index in [9.17, 15) is 0 Å². The van der Waals surface area contributed by atoms with E-state index in [2.05, 4.69) is 40.5 Å². The quantitative estimate of drug-likeness (QED) is 0.766. The van der Waals surface area contributed by atoms with Gasteiger partial charge in [-0.25, -0.2) is 0 Å². The van der Waals surface area contributed by atoms with E-state index in [-0.39, 0.29) is 6.04 Å². The number of hydrogen-bond acceptors (Lipinski definition) is 3. The van der Waals surface area contributed by atoms with E-state index in [0.29, 0.717) is 5.92 Å². The molecule has 0 bridgehead atoms. The molecular weight excluding hydrogens is 344 g/mol. The van der Waals surface area contributed by atoms with Crippen LogP contribution in [0.5, 0.6) is 0 Å². The molecule has 0 saturated carbocycles. The number of nitrogens with two attached hydrogens (primary N) is 1. The zero-order chi connectivity index (χ0) is 18.1. The van der Waals surface area contributed by atoms with E-state index in [0.717, 1.165) is 35.9 Å². The van der Waals surface area contributed by atoms with Crippen molar-refractivity contribution >= 4 is 11.6 Å². The summed E-state index contributed by atoms with van der Waals surface area (Å²) >= 11 is 6.40. The molecule has 4 nitrogen and oxygen atoms in total. The van der Waals surface area contributed by atoms with Crippen LogP contribution in [-0.4, -0.2) is 33.8 Å². The number of benzene rings is 2. The Morgan fingerprint density at radius 1 is 1.08 bits per heavy atom. The van der Waals surface area contributed by atoms with Crippen LogP contribution in [0.3, 0.4) is 0 Å². The third-order valence-electron chi connectivity index (χ3n) is 5.10. The predicted octanol–water partition coefficient (Wildman–Crippen LogP) is 3.67. The number of halogens is 1. The van der Waals surface area contributed by atoms with Gasteiger partial charge in [-0.15, -0.1) is 0 Å². The van der Waals surface area contributed by atoms with Crippen molar-refractivity contribution in [2.24, 2.45) is 12.8 Å². The Labute approximate surface area is 159 Å². The summed E-state index contributed by atoms with van der Waals surface area (Å²) < 4.78 is 1.86. The number of aryl methyl sites for hydroxylation is 1. The SMILES string of the molecule is Cn1cc(CN2C[C@@H](N)[C@H](c3ccccc3)C2)c(-c2ccccc2Cl)n1. The summed E-state index contributed by atoms with van der Waals surface area (Å²) in [5, 5.41) is 5.38. The maximum atomic E-state index is 6.45. The van der Waals surface area contributed by atoms with Crippen LogP contribution in [0.1, 0.15) is 17.0 Å². The Hall–Kier alpha value is -2.14. The van der Waals surface area contributed by atoms with E-state index < -0.39 is 0 Å². The van der Waals surface area contributed by atoms with Crippen molar-refractivity contribution in [2.75, 3.05) is 13.1 Å². The van der Waals surface area contributed by atoms with Gasteiger partial charge in [0.05, 0.1) is 10.7 Å². The summed E-state index contributed by atoms with van der Waals surface area (Å²) in [6.45, 7) is 2.67. The van der Waals surface area contributed by atoms with Gasteiger partial charge in [0.2, 0.25) is 0 Å². The van der Waals surface area contributed by atoms with Crippen LogP contribution in [0.15, 0.2) is 60.8 Å². The summed E-state index contributed by atoms with van der Waals surface area (Å²) in [7, 11) is 1.95. The second-order valence-corrected chi connectivity index (χ2v) is 7.44. The van der Waals surface area contributed by atoms with Gasteiger partial charge in [-0.05, 0) is 11.6 Å². The van der Waals surface area contributed by atoms with Crippen LogP contribution in [0, 0.1) is 0 Å². The van der Waals surface area contributed by atoms with E-state index >= 15 is 0 Å². The average Bonchev–Trinajstić information content (AvgIpc) is 3.18. The predicted molar refractivity (Wildman–Crippen MR) is 106 cm³/mol. The fraction of sp³-hybridized carbons (Fsp3) is 0.286. The van der Waals surface area contributed by atoms with Gasteiger partial charge in [-0.2, -0.15) is 5.10 Å². The highest BCUT2D eigenvalue weighted by molar-refractivity contribution is 6.33. The standard InChI is InChI=1S/C21H23ClN4/c1-25-11-16(21(24-25)17-9-5-6-10-19(17)22)12-26-13-18(20(23)14-26)15-7-3-2-4-8-15/h2-11,18,20H,12-14,23H2,1H3/t18-,20+/m0/s1. The van der Waals surface area contributed by atoms with Crippen LogP contribution in [0.4, 0.5) is 0 Å². The first-order valence-corrected chi connectivity index (χ1v) is 9.30. The molecule has 134 valence electrons. The largest absolute Gasteiger partial charge is 0.326 e. The number of likely N-dealkylation sites (tertiary alicyclic amines) is 1. The maximum absolute atomic E-state index is 6.45. The van der Waals surface area contributed by atoms with Crippen molar-refractivity contribution in [3.05, 3.63) is 76.9 Å². The van der Waals surface area contributed by atoms with E-state index in [4.69, 9.17) is 17.3 Å². The lowest BCUT2D eigenvalue weighted by Crippen LogP contribution is -2.28. The van der Waals surface area contributed by atoms with Crippen molar-refractivity contribution in [1.29, 1.82) is 0 Å². The molecule has 1 aliphatic rings. The lowest BCUT2D eigenvalue weighted by atomic mass is 9.95. The molecule has 5 heteroatoms. The Kier molecular flexibility index (Phi) is 4.81. The van der Waals surface area contributed by atoms with Gasteiger partial charge in [-0.1, -0.05) is 60.1 Å². The number of aromatic nitrogens is 2. The van der Waals surface area contributed by atoms with Crippen LogP contribution in [0.25, 0.3) is 11.3 Å². The Bertz CT molecular complexity index is 890. The lowest BCUT2D eigenvalue weighted by molar-refractivity contribution is 0.324. The minimum Gasteiger partial charge on any atom is -0.326 e. The first-order chi connectivity index (χ1) is 12.6. The normalized spacial score (nSPS) is 20.6. The zero-order valence-electron chi connectivity index (χ0n) is 14.8. The Morgan fingerprint density at radius 2 is 1.81 bits per heavy atom. The molecule has 4 rings (SSSR count). The van der Waals surface area contributed by atoms with Gasteiger partial charge in [0.1, 0.15) is 0 Å². The summed E-state index contributed by atoms with van der Waals surface area (Å²) in [5.41, 5.74) is 10.9. The number of hydrogen-bond donors (Lipinski definition) is 1. The molecule has 0 unspecified atom stereocenters. The molecule has 1 fully saturated rings. The molecule has 2 heterocycles. The summed E-state index contributed by atoms with van der Waals surface area (Å²) in [6.07, 6.45) is 2.08. The first kappa shape index (κ1) is 17.3. The van der Waals surface area contributed by atoms with Crippen LogP contribution in [-0.2, 0) is 13.6 Å². The van der Waals surface area contributed by atoms with Crippen LogP contribution in [0.2, 0.25) is 5.02 Å². The second-order valence-electron chi connectivity index (χ2n) is 7.03. The fourth-order valence-corrected chi connectivity index (χ4v) is 4.09. The molecule has 0 amide bonds. The molecule has 1 aromatic heterocycles. The molecule has 0 aliphatic carbocycles. The second kappa shape index (κ2) is 7.23. The Morgan fingerprint density at radius 3 is 2.58 bits per heavy atom. The third-order valence-corrected chi connectivity index (χ3v) is 5.43. The summed E-state index contributed by atoms with van der Waals surface area (Å²) in [4.78, 5) is 2.42. The topological polar surface area (TPSA) is 47.1 Å². The molecular formula is C21H23ClN4. The fourth-order valence-electron chi connectivity index (χ4n) is 3.87. The van der Waals surface area contributed by atoms with E-state index in [1.54, 1.807) is 0 Å². The molecule has 2 N–H and O–H groups in total. The van der Waals surface area contributed by atoms with Gasteiger partial charge >= 0.3 is 0 Å². The first-order valence-electron chi connectivity index (χ1n) is 8.92. The van der Waals surface area contributed by atoms with Gasteiger partial charge in [0.25, 0.3) is 0 Å². The maximum Gasteiger partial charge on any atom is 0.0983 e. The van der Waals surface area contributed by atoms with Crippen molar-refractivity contribution in [3.8, 4) is 11.3 Å². The third kappa shape index (κ3) is 3.40. The molecule has 1 saturated heterocycles. The van der Waals surface area contributed by atoms with Crippen molar-refractivity contribution in [2.45, 2.75) is 18.5 Å². The Balaban J connectivity index is 1.57. The summed E-state index contributed by atoms with van der Waals surface area (Å²) in [5.74, 6) is 0.372. The minimum atomic E-state index is 0.151. The van der Waals surface area contributed by atoms with Crippen LogP contribution >= 0.6 is 11.6 Å². The van der Waals surface area contributed by atoms with Crippen molar-refractivity contribution in [1.82, 2.24) is 14.7 Å². The van der Waals surface area contributed by atoms with Gasteiger partial charge in [-0.3, -0.25) is 9.58 Å². The molecule has 0 spiro atoms. The average molecular weight is 367 g/mol. The zero-order valence-corrected chi connectivity index (χ0v) is 15.6. The minimum absolute atomic E-state index is 0.151. The highest BCUT2D eigenvalue weighted by atomic mass is 35.5. The highest BCUT2D eigenvalue weighted by Crippen LogP contribution is 2.32. The van der Waals surface area contributed by atoms with E-state index in [1.807, 2.05) is 42.1 Å². The van der Waals surface area contributed by atoms with Crippen molar-refractivity contribution < 1.29 is 0 Å². The van der Waals surface area contributed by atoms with Gasteiger partial charge in [0, 0.05) is 56.0 Å². The van der Waals surface area contributed by atoms with Crippen molar-refractivity contribution in [3.63, 3.8) is 0 Å². The summed E-state index contributed by atoms with van der Waals surface area (Å²) in [6, 6.07) is 18.6. The number of rotatable bonds is 4. The van der Waals surface area contributed by atoms with Crippen LogP contribution < -0.4 is 5.73 Å². The van der Waals surface area contributed by atoms with E-state index in [1.165, 1.54) is 11.1 Å². The lowest BCUT2D eigenvalue weighted by Gasteiger charge is -2.16. The highest BCUT2D eigenvalue weighted by Gasteiger charge is 2.31. The monoisotopic (exact) mass is 366 g/mol. The van der Waals surface area contributed by atoms with Gasteiger partial charge < -0.3 is 5.73 Å². The molecule has 3 aromatic rings. The van der Waals surface area contributed by atoms with Gasteiger partial charge in [0.15, 0.2) is 0 Å². The molecule has 2 atom stereocenters. The molecule has 0 radical (unpaired) electrons.